The van der Waals surface area contributed by atoms with Gasteiger partial charge >= 0.3 is 5.97 Å². The van der Waals surface area contributed by atoms with Crippen molar-refractivity contribution in [2.45, 2.75) is 6.42 Å². The summed E-state index contributed by atoms with van der Waals surface area (Å²) in [7, 11) is 0. The third-order valence-corrected chi connectivity index (χ3v) is 3.14. The fourth-order valence-corrected chi connectivity index (χ4v) is 2.03. The highest BCUT2D eigenvalue weighted by atomic mass is 32.1. The molecule has 0 radical (unpaired) electrons. The van der Waals surface area contributed by atoms with Crippen LogP contribution in [-0.2, 0) is 6.42 Å². The normalized spacial score (nSPS) is 10.1. The van der Waals surface area contributed by atoms with Gasteiger partial charge in [0.2, 0.25) is 0 Å². The first-order valence-corrected chi connectivity index (χ1v) is 5.93. The molecule has 0 bridgehead atoms. The van der Waals surface area contributed by atoms with Crippen molar-refractivity contribution >= 4 is 17.3 Å². The number of para-hydroxylation sites is 1. The Hall–Kier alpha value is -1.88. The van der Waals surface area contributed by atoms with E-state index < -0.39 is 5.97 Å². The van der Waals surface area contributed by atoms with Crippen molar-refractivity contribution in [3.05, 3.63) is 46.4 Å². The van der Waals surface area contributed by atoms with Gasteiger partial charge in [0.05, 0.1) is 17.8 Å². The first-order chi connectivity index (χ1) is 8.25. The summed E-state index contributed by atoms with van der Waals surface area (Å²) in [6.07, 6.45) is 2.00. The predicted molar refractivity (Wildman–Crippen MR) is 64.7 cm³/mol. The molecule has 88 valence electrons. The molecule has 0 fully saturated rings. The van der Waals surface area contributed by atoms with E-state index in [9.17, 15) is 4.79 Å². The number of hydrogen-bond donors (Lipinski definition) is 1. The Morgan fingerprint density at radius 1 is 1.35 bits per heavy atom. The van der Waals surface area contributed by atoms with E-state index >= 15 is 0 Å². The van der Waals surface area contributed by atoms with Crippen LogP contribution in [0.15, 0.2) is 36.5 Å². The van der Waals surface area contributed by atoms with Crippen molar-refractivity contribution in [2.24, 2.45) is 0 Å². The minimum atomic E-state index is -0.933. The van der Waals surface area contributed by atoms with Gasteiger partial charge in [-0.15, -0.1) is 11.3 Å². The summed E-state index contributed by atoms with van der Waals surface area (Å²) in [5.41, 5.74) is 0. The number of nitrogens with zero attached hydrogens (tertiary/aromatic N) is 1. The highest BCUT2D eigenvalue weighted by Crippen LogP contribution is 2.14. The molecule has 0 aliphatic heterocycles. The molecule has 2 rings (SSSR count). The third kappa shape index (κ3) is 3.29. The highest BCUT2D eigenvalue weighted by Gasteiger charge is 2.08. The fourth-order valence-electron chi connectivity index (χ4n) is 1.30. The number of carboxylic acid groups (broad SMARTS) is 1. The molecule has 0 amide bonds. The van der Waals surface area contributed by atoms with Crippen LogP contribution in [0.4, 0.5) is 0 Å². The average Bonchev–Trinajstić information content (AvgIpc) is 2.79. The van der Waals surface area contributed by atoms with E-state index in [0.29, 0.717) is 13.0 Å². The van der Waals surface area contributed by atoms with Gasteiger partial charge in [0.1, 0.15) is 10.6 Å². The summed E-state index contributed by atoms with van der Waals surface area (Å²) >= 11 is 1.19. The second kappa shape index (κ2) is 5.45. The van der Waals surface area contributed by atoms with Crippen LogP contribution < -0.4 is 4.74 Å². The van der Waals surface area contributed by atoms with Gasteiger partial charge < -0.3 is 9.84 Å². The highest BCUT2D eigenvalue weighted by molar-refractivity contribution is 7.13. The van der Waals surface area contributed by atoms with Crippen LogP contribution in [0, 0.1) is 0 Å². The standard InChI is InChI=1S/C12H11NO3S/c14-12(15)10-8-13-11(17-10)6-7-16-9-4-2-1-3-5-9/h1-5,8H,6-7H2,(H,14,15). The number of ether oxygens (including phenoxy) is 1. The summed E-state index contributed by atoms with van der Waals surface area (Å²) in [5, 5.41) is 9.52. The van der Waals surface area contributed by atoms with Gasteiger partial charge in [-0.25, -0.2) is 9.78 Å². The Morgan fingerprint density at radius 2 is 2.12 bits per heavy atom. The molecular formula is C12H11NO3S. The zero-order chi connectivity index (χ0) is 12.1. The topological polar surface area (TPSA) is 59.4 Å². The molecule has 0 unspecified atom stereocenters. The van der Waals surface area contributed by atoms with E-state index in [2.05, 4.69) is 4.98 Å². The van der Waals surface area contributed by atoms with Crippen molar-refractivity contribution in [1.29, 1.82) is 0 Å². The molecular weight excluding hydrogens is 238 g/mol. The summed E-state index contributed by atoms with van der Waals surface area (Å²) in [4.78, 5) is 14.9. The minimum Gasteiger partial charge on any atom is -0.493 e. The minimum absolute atomic E-state index is 0.264. The smallest absolute Gasteiger partial charge is 0.347 e. The lowest BCUT2D eigenvalue weighted by atomic mass is 10.3. The number of benzene rings is 1. The molecule has 4 nitrogen and oxygen atoms in total. The van der Waals surface area contributed by atoms with Crippen molar-refractivity contribution < 1.29 is 14.6 Å². The number of carboxylic acids is 1. The molecule has 5 heteroatoms. The van der Waals surface area contributed by atoms with E-state index in [1.54, 1.807) is 0 Å². The Labute approximate surface area is 103 Å². The molecule has 0 atom stereocenters. The van der Waals surface area contributed by atoms with E-state index in [-0.39, 0.29) is 4.88 Å². The maximum atomic E-state index is 10.6. The number of aromatic carboxylic acids is 1. The Morgan fingerprint density at radius 3 is 2.76 bits per heavy atom. The monoisotopic (exact) mass is 249 g/mol. The molecule has 1 aromatic carbocycles. The van der Waals surface area contributed by atoms with Crippen molar-refractivity contribution in [1.82, 2.24) is 4.98 Å². The van der Waals surface area contributed by atoms with E-state index in [0.717, 1.165) is 10.8 Å². The summed E-state index contributed by atoms with van der Waals surface area (Å²) in [6, 6.07) is 9.49. The number of thiazole rings is 1. The maximum absolute atomic E-state index is 10.6. The van der Waals surface area contributed by atoms with Crippen molar-refractivity contribution in [3.63, 3.8) is 0 Å². The summed E-state index contributed by atoms with van der Waals surface area (Å²) < 4.78 is 5.50. The second-order valence-electron chi connectivity index (χ2n) is 3.33. The number of aromatic nitrogens is 1. The van der Waals surface area contributed by atoms with Gasteiger partial charge in [-0.05, 0) is 12.1 Å². The van der Waals surface area contributed by atoms with Crippen LogP contribution in [0.2, 0.25) is 0 Å². The van der Waals surface area contributed by atoms with E-state index in [4.69, 9.17) is 9.84 Å². The molecule has 1 aromatic heterocycles. The van der Waals surface area contributed by atoms with Gasteiger partial charge in [-0.2, -0.15) is 0 Å². The Bertz CT molecular complexity index is 495. The lowest BCUT2D eigenvalue weighted by Crippen LogP contribution is -2.00. The molecule has 0 aliphatic rings. The first kappa shape index (κ1) is 11.6. The van der Waals surface area contributed by atoms with Crippen LogP contribution in [0.5, 0.6) is 5.75 Å². The SMILES string of the molecule is O=C(O)c1cnc(CCOc2ccccc2)s1. The Kier molecular flexibility index (Phi) is 3.72. The van der Waals surface area contributed by atoms with Crippen LogP contribution in [0.25, 0.3) is 0 Å². The summed E-state index contributed by atoms with van der Waals surface area (Å²) in [5.74, 6) is -0.125. The summed E-state index contributed by atoms with van der Waals surface area (Å²) in [6.45, 7) is 0.497. The molecule has 1 N–H and O–H groups in total. The maximum Gasteiger partial charge on any atom is 0.347 e. The van der Waals surface area contributed by atoms with Gasteiger partial charge in [0.25, 0.3) is 0 Å². The van der Waals surface area contributed by atoms with Crippen molar-refractivity contribution in [2.75, 3.05) is 6.61 Å². The van der Waals surface area contributed by atoms with Crippen LogP contribution in [0.3, 0.4) is 0 Å². The Balaban J connectivity index is 1.84. The second-order valence-corrected chi connectivity index (χ2v) is 4.45. The van der Waals surface area contributed by atoms with Crippen LogP contribution in [0.1, 0.15) is 14.7 Å². The number of rotatable bonds is 5. The molecule has 17 heavy (non-hydrogen) atoms. The van der Waals surface area contributed by atoms with Gasteiger partial charge in [0.15, 0.2) is 0 Å². The molecule has 0 saturated carbocycles. The molecule has 0 spiro atoms. The lowest BCUT2D eigenvalue weighted by Gasteiger charge is -2.03. The molecule has 1 heterocycles. The molecule has 0 saturated heterocycles. The van der Waals surface area contributed by atoms with Crippen LogP contribution in [-0.4, -0.2) is 22.7 Å². The molecule has 2 aromatic rings. The van der Waals surface area contributed by atoms with E-state index in [1.807, 2.05) is 30.3 Å². The number of hydrogen-bond acceptors (Lipinski definition) is 4. The van der Waals surface area contributed by atoms with Gasteiger partial charge in [-0.1, -0.05) is 18.2 Å². The quantitative estimate of drug-likeness (QED) is 0.884. The fraction of sp³-hybridized carbons (Fsp3) is 0.167. The largest absolute Gasteiger partial charge is 0.493 e. The van der Waals surface area contributed by atoms with Gasteiger partial charge in [0, 0.05) is 6.42 Å². The molecule has 0 aliphatic carbocycles. The average molecular weight is 249 g/mol. The van der Waals surface area contributed by atoms with Crippen LogP contribution >= 0.6 is 11.3 Å². The van der Waals surface area contributed by atoms with E-state index in [1.165, 1.54) is 17.5 Å². The van der Waals surface area contributed by atoms with Gasteiger partial charge in [-0.3, -0.25) is 0 Å². The third-order valence-electron chi connectivity index (χ3n) is 2.09. The zero-order valence-electron chi connectivity index (χ0n) is 9.00. The first-order valence-electron chi connectivity index (χ1n) is 5.11. The zero-order valence-corrected chi connectivity index (χ0v) is 9.81. The van der Waals surface area contributed by atoms with Crippen molar-refractivity contribution in [3.8, 4) is 5.75 Å². The predicted octanol–water partition coefficient (Wildman–Crippen LogP) is 2.46. The lowest BCUT2D eigenvalue weighted by molar-refractivity contribution is 0.0702. The number of carbonyl (C=O) groups is 1.